The number of fused-ring (bicyclic) bond motifs is 1. The molecule has 1 saturated carbocycles. The molecule has 182 valence electrons. The molecule has 36 heavy (non-hydrogen) atoms. The Morgan fingerprint density at radius 1 is 1.17 bits per heavy atom. The molecule has 2 fully saturated rings. The number of imidazole rings is 1. The highest BCUT2D eigenvalue weighted by atomic mass is 16.6. The molecular weight excluding hydrogens is 460 g/mol. The number of urea groups is 1. The van der Waals surface area contributed by atoms with Gasteiger partial charge in [0.1, 0.15) is 17.0 Å². The standard InChI is InChI=1S/C26H24N6O4/c1-26(2,3)36-25(35)32(18-11-12-18)22-21-27-14-19(13-20-23(33)30-24(34)29-20)31(21)15-17(28-22)10-9-16-7-5-4-6-8-16/h4-8,13-15,18H,11-12H2,1-3H3,(H2,29,30,33,34). The minimum Gasteiger partial charge on any atom is -0.443 e. The molecule has 2 aliphatic rings. The average Bonchev–Trinajstić information content (AvgIpc) is 3.48. The molecule has 0 spiro atoms. The lowest BCUT2D eigenvalue weighted by Crippen LogP contribution is -2.39. The van der Waals surface area contributed by atoms with Gasteiger partial charge in [0.15, 0.2) is 11.5 Å². The van der Waals surface area contributed by atoms with Crippen LogP contribution >= 0.6 is 0 Å². The fourth-order valence-corrected chi connectivity index (χ4v) is 3.66. The van der Waals surface area contributed by atoms with Crippen molar-refractivity contribution < 1.29 is 19.1 Å². The van der Waals surface area contributed by atoms with Gasteiger partial charge < -0.3 is 10.1 Å². The smallest absolute Gasteiger partial charge is 0.416 e. The summed E-state index contributed by atoms with van der Waals surface area (Å²) >= 11 is 0. The van der Waals surface area contributed by atoms with Crippen molar-refractivity contribution in [1.29, 1.82) is 0 Å². The van der Waals surface area contributed by atoms with E-state index in [1.54, 1.807) is 16.8 Å². The number of imide groups is 1. The Bertz CT molecular complexity index is 1470. The molecule has 1 saturated heterocycles. The molecule has 10 nitrogen and oxygen atoms in total. The number of nitrogens with zero attached hydrogens (tertiary/aromatic N) is 4. The van der Waals surface area contributed by atoms with Gasteiger partial charge >= 0.3 is 12.1 Å². The second kappa shape index (κ2) is 8.85. The number of carbonyl (C=O) groups excluding carboxylic acids is 3. The van der Waals surface area contributed by atoms with Crippen LogP contribution in [0.5, 0.6) is 0 Å². The van der Waals surface area contributed by atoms with Crippen molar-refractivity contribution >= 4 is 35.6 Å². The van der Waals surface area contributed by atoms with Gasteiger partial charge in [-0.05, 0) is 57.7 Å². The van der Waals surface area contributed by atoms with E-state index in [4.69, 9.17) is 9.72 Å². The number of amides is 4. The fraction of sp³-hybridized carbons (Fsp3) is 0.269. The first-order valence-corrected chi connectivity index (χ1v) is 11.5. The van der Waals surface area contributed by atoms with Crippen molar-refractivity contribution in [3.63, 3.8) is 0 Å². The molecule has 0 atom stereocenters. The van der Waals surface area contributed by atoms with Crippen molar-refractivity contribution in [2.45, 2.75) is 45.3 Å². The monoisotopic (exact) mass is 484 g/mol. The van der Waals surface area contributed by atoms with Crippen molar-refractivity contribution in [2.75, 3.05) is 4.90 Å². The number of carbonyl (C=O) groups is 3. The van der Waals surface area contributed by atoms with E-state index in [0.29, 0.717) is 22.9 Å². The number of ether oxygens (including phenoxy) is 1. The van der Waals surface area contributed by atoms with Crippen LogP contribution in [0.15, 0.2) is 48.4 Å². The first kappa shape index (κ1) is 23.1. The average molecular weight is 485 g/mol. The van der Waals surface area contributed by atoms with Crippen LogP contribution in [0.25, 0.3) is 11.7 Å². The van der Waals surface area contributed by atoms with Gasteiger partial charge in [-0.3, -0.25) is 19.4 Å². The summed E-state index contributed by atoms with van der Waals surface area (Å²) in [5.74, 6) is 5.92. The lowest BCUT2D eigenvalue weighted by molar-refractivity contribution is -0.115. The van der Waals surface area contributed by atoms with Gasteiger partial charge in [0.2, 0.25) is 0 Å². The molecular formula is C26H24N6O4. The number of rotatable bonds is 3. The van der Waals surface area contributed by atoms with Crippen LogP contribution in [-0.2, 0) is 9.53 Å². The third-order valence-corrected chi connectivity index (χ3v) is 5.35. The van der Waals surface area contributed by atoms with E-state index in [-0.39, 0.29) is 11.7 Å². The van der Waals surface area contributed by atoms with Gasteiger partial charge in [-0.2, -0.15) is 0 Å². The topological polar surface area (TPSA) is 118 Å². The first-order chi connectivity index (χ1) is 17.2. The maximum atomic E-state index is 13.2. The van der Waals surface area contributed by atoms with E-state index in [1.165, 1.54) is 11.0 Å². The molecule has 1 aliphatic heterocycles. The number of anilines is 1. The van der Waals surface area contributed by atoms with Crippen LogP contribution in [0.2, 0.25) is 0 Å². The summed E-state index contributed by atoms with van der Waals surface area (Å²) in [6, 6.07) is 8.81. The normalized spacial score (nSPS) is 16.4. The first-order valence-electron chi connectivity index (χ1n) is 11.5. The lowest BCUT2D eigenvalue weighted by atomic mass is 10.2. The van der Waals surface area contributed by atoms with Crippen molar-refractivity contribution in [3.8, 4) is 11.8 Å². The second-order valence-electron chi connectivity index (χ2n) is 9.49. The molecule has 5 rings (SSSR count). The van der Waals surface area contributed by atoms with E-state index < -0.39 is 23.6 Å². The van der Waals surface area contributed by atoms with Gasteiger partial charge in [-0.1, -0.05) is 24.1 Å². The van der Waals surface area contributed by atoms with Crippen LogP contribution in [0.3, 0.4) is 0 Å². The summed E-state index contributed by atoms with van der Waals surface area (Å²) in [5, 5.41) is 4.65. The Hall–Kier alpha value is -4.65. The van der Waals surface area contributed by atoms with Gasteiger partial charge in [0, 0.05) is 17.8 Å². The zero-order chi connectivity index (χ0) is 25.4. The molecule has 4 amide bonds. The number of hydrogen-bond acceptors (Lipinski definition) is 6. The van der Waals surface area contributed by atoms with Gasteiger partial charge in [-0.25, -0.2) is 19.6 Å². The van der Waals surface area contributed by atoms with Crippen LogP contribution in [0.4, 0.5) is 15.4 Å². The highest BCUT2D eigenvalue weighted by molar-refractivity contribution is 6.13. The molecule has 0 bridgehead atoms. The van der Waals surface area contributed by atoms with E-state index in [9.17, 15) is 14.4 Å². The van der Waals surface area contributed by atoms with E-state index >= 15 is 0 Å². The zero-order valence-electron chi connectivity index (χ0n) is 20.0. The zero-order valence-corrected chi connectivity index (χ0v) is 20.0. The lowest BCUT2D eigenvalue weighted by Gasteiger charge is -2.27. The Labute approximate surface area is 207 Å². The summed E-state index contributed by atoms with van der Waals surface area (Å²) in [6.45, 7) is 5.42. The third kappa shape index (κ3) is 4.90. The fourth-order valence-electron chi connectivity index (χ4n) is 3.66. The number of hydrogen-bond donors (Lipinski definition) is 2. The van der Waals surface area contributed by atoms with Crippen LogP contribution in [0.1, 0.15) is 50.6 Å². The summed E-state index contributed by atoms with van der Waals surface area (Å²) in [4.78, 5) is 47.6. The molecule has 0 radical (unpaired) electrons. The molecule has 0 unspecified atom stereocenters. The number of benzene rings is 1. The SMILES string of the molecule is CC(C)(C)OC(=O)N(c1nc(C#Cc2ccccc2)cn2c(C=C3NC(=O)NC3=O)cnc12)C1CC1. The maximum Gasteiger partial charge on any atom is 0.416 e. The summed E-state index contributed by atoms with van der Waals surface area (Å²) < 4.78 is 7.37. The Morgan fingerprint density at radius 3 is 2.56 bits per heavy atom. The largest absolute Gasteiger partial charge is 0.443 e. The number of aromatic nitrogens is 3. The highest BCUT2D eigenvalue weighted by Gasteiger charge is 2.39. The number of nitrogens with one attached hydrogen (secondary N) is 2. The second-order valence-corrected chi connectivity index (χ2v) is 9.49. The Morgan fingerprint density at radius 2 is 1.92 bits per heavy atom. The predicted octanol–water partition coefficient (Wildman–Crippen LogP) is 3.21. The Balaban J connectivity index is 1.65. The summed E-state index contributed by atoms with van der Waals surface area (Å²) in [5.41, 5.74) is 1.50. The van der Waals surface area contributed by atoms with Gasteiger partial charge in [0.25, 0.3) is 5.91 Å². The molecule has 2 aromatic heterocycles. The summed E-state index contributed by atoms with van der Waals surface area (Å²) in [7, 11) is 0. The molecule has 10 heteroatoms. The predicted molar refractivity (Wildman–Crippen MR) is 132 cm³/mol. The molecule has 2 N–H and O–H groups in total. The van der Waals surface area contributed by atoms with E-state index in [1.807, 2.05) is 51.1 Å². The van der Waals surface area contributed by atoms with Gasteiger partial charge in [0.05, 0.1) is 11.9 Å². The molecule has 3 heterocycles. The Kier molecular flexibility index (Phi) is 5.68. The van der Waals surface area contributed by atoms with Crippen molar-refractivity contribution in [1.82, 2.24) is 25.0 Å². The van der Waals surface area contributed by atoms with Gasteiger partial charge in [-0.15, -0.1) is 0 Å². The maximum absolute atomic E-state index is 13.2. The molecule has 1 aliphatic carbocycles. The minimum atomic E-state index is -0.690. The minimum absolute atomic E-state index is 0.0631. The van der Waals surface area contributed by atoms with Crippen LogP contribution < -0.4 is 15.5 Å². The summed E-state index contributed by atoms with van der Waals surface area (Å²) in [6.07, 6.45) is 5.85. The van der Waals surface area contributed by atoms with Crippen molar-refractivity contribution in [3.05, 3.63) is 65.4 Å². The van der Waals surface area contributed by atoms with Crippen LogP contribution in [0, 0.1) is 11.8 Å². The van der Waals surface area contributed by atoms with E-state index in [2.05, 4.69) is 27.5 Å². The molecule has 1 aromatic carbocycles. The van der Waals surface area contributed by atoms with E-state index in [0.717, 1.165) is 18.4 Å². The quantitative estimate of drug-likeness (QED) is 0.335. The molecule has 3 aromatic rings. The highest BCUT2D eigenvalue weighted by Crippen LogP contribution is 2.34. The van der Waals surface area contributed by atoms with Crippen LogP contribution in [-0.4, -0.2) is 44.0 Å². The third-order valence-electron chi connectivity index (χ3n) is 5.35. The van der Waals surface area contributed by atoms with Crippen molar-refractivity contribution in [2.24, 2.45) is 0 Å².